The highest BCUT2D eigenvalue weighted by atomic mass is 32.1. The fourth-order valence-corrected chi connectivity index (χ4v) is 3.03. The molecule has 0 aliphatic carbocycles. The summed E-state index contributed by atoms with van der Waals surface area (Å²) < 4.78 is 2.78. The standard InChI is InChI=1S/C16H19N5O4S/c1-5-7-19-14(23)20(8-6-2)16(25)21(15(19)24)9-12-10-26-13(17-12)18(4)11(3)22/h5-6,10H,1-2,7-9H2,3-4H3. The number of carbonyl (C=O) groups is 1. The third-order valence-corrected chi connectivity index (χ3v) is 4.59. The highest BCUT2D eigenvalue weighted by molar-refractivity contribution is 7.14. The molecule has 10 heteroatoms. The van der Waals surface area contributed by atoms with Crippen LogP contribution in [-0.4, -0.2) is 31.6 Å². The van der Waals surface area contributed by atoms with Gasteiger partial charge in [0.1, 0.15) is 0 Å². The second kappa shape index (κ2) is 7.91. The van der Waals surface area contributed by atoms with Gasteiger partial charge in [-0.05, 0) is 0 Å². The van der Waals surface area contributed by atoms with Crippen LogP contribution in [0.15, 0.2) is 45.1 Å². The minimum atomic E-state index is -0.741. The van der Waals surface area contributed by atoms with Crippen LogP contribution in [0.3, 0.4) is 0 Å². The highest BCUT2D eigenvalue weighted by Gasteiger charge is 2.16. The summed E-state index contributed by atoms with van der Waals surface area (Å²) in [4.78, 5) is 54.5. The lowest BCUT2D eigenvalue weighted by atomic mass is 10.4. The molecule has 1 amide bonds. The van der Waals surface area contributed by atoms with Gasteiger partial charge in [0.2, 0.25) is 5.91 Å². The molecule has 0 bridgehead atoms. The van der Waals surface area contributed by atoms with Crippen LogP contribution in [0.2, 0.25) is 0 Å². The molecule has 0 spiro atoms. The summed E-state index contributed by atoms with van der Waals surface area (Å²) in [7, 11) is 1.58. The number of carbonyl (C=O) groups excluding carboxylic acids is 1. The van der Waals surface area contributed by atoms with Crippen molar-refractivity contribution in [2.75, 3.05) is 11.9 Å². The molecule has 0 aliphatic heterocycles. The zero-order valence-corrected chi connectivity index (χ0v) is 15.4. The number of nitrogens with zero attached hydrogens (tertiary/aromatic N) is 5. The molecule has 0 atom stereocenters. The van der Waals surface area contributed by atoms with Gasteiger partial charge in [0.15, 0.2) is 5.13 Å². The largest absolute Gasteiger partial charge is 0.336 e. The first-order valence-electron chi connectivity index (χ1n) is 7.66. The summed E-state index contributed by atoms with van der Waals surface area (Å²) in [6.45, 7) is 8.30. The molecule has 9 nitrogen and oxygen atoms in total. The Balaban J connectivity index is 2.56. The van der Waals surface area contributed by atoms with Crippen LogP contribution in [0.1, 0.15) is 12.6 Å². The molecule has 0 unspecified atom stereocenters. The molecule has 138 valence electrons. The van der Waals surface area contributed by atoms with Gasteiger partial charge in [0, 0.05) is 19.4 Å². The van der Waals surface area contributed by atoms with Crippen molar-refractivity contribution < 1.29 is 4.79 Å². The predicted molar refractivity (Wildman–Crippen MR) is 99.9 cm³/mol. The van der Waals surface area contributed by atoms with Gasteiger partial charge >= 0.3 is 17.1 Å². The van der Waals surface area contributed by atoms with E-state index in [-0.39, 0.29) is 25.5 Å². The van der Waals surface area contributed by atoms with E-state index in [4.69, 9.17) is 0 Å². The molecule has 0 fully saturated rings. The van der Waals surface area contributed by atoms with Crippen LogP contribution in [0, 0.1) is 0 Å². The van der Waals surface area contributed by atoms with E-state index in [1.165, 1.54) is 35.3 Å². The number of amides is 1. The number of rotatable bonds is 7. The molecule has 26 heavy (non-hydrogen) atoms. The van der Waals surface area contributed by atoms with E-state index < -0.39 is 17.1 Å². The molecule has 0 saturated heterocycles. The molecular weight excluding hydrogens is 358 g/mol. The van der Waals surface area contributed by atoms with Gasteiger partial charge in [-0.25, -0.2) is 33.1 Å². The molecular formula is C16H19N5O4S. The van der Waals surface area contributed by atoms with Crippen molar-refractivity contribution in [2.45, 2.75) is 26.6 Å². The highest BCUT2D eigenvalue weighted by Crippen LogP contribution is 2.19. The summed E-state index contributed by atoms with van der Waals surface area (Å²) in [5.74, 6) is -0.184. The van der Waals surface area contributed by atoms with Crippen molar-refractivity contribution in [1.82, 2.24) is 18.7 Å². The average molecular weight is 377 g/mol. The maximum Gasteiger partial charge on any atom is 0.336 e. The Morgan fingerprint density at radius 2 is 1.62 bits per heavy atom. The first-order chi connectivity index (χ1) is 12.3. The van der Waals surface area contributed by atoms with E-state index in [1.54, 1.807) is 12.4 Å². The smallest absolute Gasteiger partial charge is 0.292 e. The van der Waals surface area contributed by atoms with E-state index in [9.17, 15) is 19.2 Å². The van der Waals surface area contributed by atoms with Crippen LogP contribution in [0.5, 0.6) is 0 Å². The van der Waals surface area contributed by atoms with Crippen LogP contribution < -0.4 is 22.0 Å². The lowest BCUT2D eigenvalue weighted by molar-refractivity contribution is -0.116. The minimum Gasteiger partial charge on any atom is -0.292 e. The zero-order chi connectivity index (χ0) is 19.4. The number of aromatic nitrogens is 4. The van der Waals surface area contributed by atoms with Crippen molar-refractivity contribution >= 4 is 22.4 Å². The number of hydrogen-bond donors (Lipinski definition) is 0. The molecule has 0 aliphatic rings. The molecule has 2 aromatic heterocycles. The van der Waals surface area contributed by atoms with Gasteiger partial charge in [0.05, 0.1) is 25.3 Å². The van der Waals surface area contributed by atoms with E-state index in [1.807, 2.05) is 0 Å². The Hall–Kier alpha value is -3.01. The van der Waals surface area contributed by atoms with Crippen molar-refractivity contribution in [2.24, 2.45) is 0 Å². The molecule has 0 radical (unpaired) electrons. The van der Waals surface area contributed by atoms with Crippen molar-refractivity contribution in [3.8, 4) is 0 Å². The van der Waals surface area contributed by atoms with E-state index in [2.05, 4.69) is 18.1 Å². The van der Waals surface area contributed by atoms with Gasteiger partial charge in [-0.3, -0.25) is 9.69 Å². The maximum absolute atomic E-state index is 12.6. The number of hydrogen-bond acceptors (Lipinski definition) is 6. The minimum absolute atomic E-state index is 0.0233. The van der Waals surface area contributed by atoms with Gasteiger partial charge in [-0.15, -0.1) is 24.5 Å². The molecule has 2 rings (SSSR count). The Bertz CT molecular complexity index is 978. The Morgan fingerprint density at radius 1 is 1.12 bits per heavy atom. The van der Waals surface area contributed by atoms with Gasteiger partial charge < -0.3 is 0 Å². The van der Waals surface area contributed by atoms with E-state index >= 15 is 0 Å². The SMILES string of the molecule is C=CCn1c(=O)n(CC=C)c(=O)n(Cc2csc(N(C)C(C)=O)n2)c1=O. The predicted octanol–water partition coefficient (Wildman–Crippen LogP) is 0.0312. The molecule has 0 aromatic carbocycles. The zero-order valence-electron chi connectivity index (χ0n) is 14.5. The van der Waals surface area contributed by atoms with Crippen molar-refractivity contribution in [3.05, 3.63) is 67.8 Å². The Labute approximate surface area is 152 Å². The van der Waals surface area contributed by atoms with Crippen LogP contribution in [-0.2, 0) is 24.4 Å². The van der Waals surface area contributed by atoms with Gasteiger partial charge in [-0.1, -0.05) is 12.2 Å². The average Bonchev–Trinajstić information content (AvgIpc) is 3.07. The lowest BCUT2D eigenvalue weighted by Gasteiger charge is -2.11. The number of allylic oxidation sites excluding steroid dienone is 2. The topological polar surface area (TPSA) is 99.2 Å². The third-order valence-electron chi connectivity index (χ3n) is 3.63. The van der Waals surface area contributed by atoms with Crippen LogP contribution in [0.4, 0.5) is 5.13 Å². The van der Waals surface area contributed by atoms with Crippen molar-refractivity contribution in [1.29, 1.82) is 0 Å². The van der Waals surface area contributed by atoms with Crippen LogP contribution >= 0.6 is 11.3 Å². The Kier molecular flexibility index (Phi) is 5.88. The summed E-state index contributed by atoms with van der Waals surface area (Å²) >= 11 is 1.22. The number of thiazole rings is 1. The second-order valence-corrected chi connectivity index (χ2v) is 6.27. The normalized spacial score (nSPS) is 10.5. The molecule has 0 N–H and O–H groups in total. The monoisotopic (exact) mass is 377 g/mol. The first-order valence-corrected chi connectivity index (χ1v) is 8.54. The molecule has 2 aromatic rings. The van der Waals surface area contributed by atoms with Gasteiger partial charge in [-0.2, -0.15) is 0 Å². The lowest BCUT2D eigenvalue weighted by Crippen LogP contribution is -2.54. The quantitative estimate of drug-likeness (QED) is 0.634. The first kappa shape index (κ1) is 19.3. The maximum atomic E-state index is 12.6. The molecule has 0 saturated carbocycles. The third kappa shape index (κ3) is 3.64. The Morgan fingerprint density at radius 3 is 2.08 bits per heavy atom. The van der Waals surface area contributed by atoms with E-state index in [0.717, 1.165) is 13.7 Å². The summed E-state index contributed by atoms with van der Waals surface area (Å²) in [5.41, 5.74) is -1.76. The van der Waals surface area contributed by atoms with Crippen LogP contribution in [0.25, 0.3) is 0 Å². The fourth-order valence-electron chi connectivity index (χ4n) is 2.21. The fraction of sp³-hybridized carbons (Fsp3) is 0.312. The summed E-state index contributed by atoms with van der Waals surface area (Å²) in [6.07, 6.45) is 2.80. The second-order valence-electron chi connectivity index (χ2n) is 5.43. The number of anilines is 1. The molecule has 2 heterocycles. The van der Waals surface area contributed by atoms with Crippen molar-refractivity contribution in [3.63, 3.8) is 0 Å². The summed E-state index contributed by atoms with van der Waals surface area (Å²) in [5, 5.41) is 2.10. The summed E-state index contributed by atoms with van der Waals surface area (Å²) in [6, 6.07) is 0. The van der Waals surface area contributed by atoms with Gasteiger partial charge in [0.25, 0.3) is 0 Å². The van der Waals surface area contributed by atoms with E-state index in [0.29, 0.717) is 10.8 Å².